The van der Waals surface area contributed by atoms with Gasteiger partial charge in [-0.3, -0.25) is 14.4 Å². The zero-order valence-corrected chi connectivity index (χ0v) is 12.8. The first-order valence-corrected chi connectivity index (χ1v) is 7.92. The summed E-state index contributed by atoms with van der Waals surface area (Å²) < 4.78 is 0. The number of hydrogen-bond acceptors (Lipinski definition) is 4. The van der Waals surface area contributed by atoms with Crippen molar-refractivity contribution in [2.45, 2.75) is 13.3 Å². The highest BCUT2D eigenvalue weighted by Crippen LogP contribution is 2.06. The Kier molecular flexibility index (Phi) is 5.32. The summed E-state index contributed by atoms with van der Waals surface area (Å²) in [5.41, 5.74) is 0.553. The number of nitrogens with zero attached hydrogens (tertiary/aromatic N) is 2. The topological polar surface area (TPSA) is 69.7 Å². The molecule has 0 unspecified atom stereocenters. The lowest BCUT2D eigenvalue weighted by Gasteiger charge is -2.20. The minimum Gasteiger partial charge on any atom is -0.343 e. The summed E-state index contributed by atoms with van der Waals surface area (Å²) in [4.78, 5) is 39.1. The van der Waals surface area contributed by atoms with Crippen LogP contribution in [0.15, 0.2) is 16.8 Å². The predicted molar refractivity (Wildman–Crippen MR) is 80.1 cm³/mol. The van der Waals surface area contributed by atoms with Gasteiger partial charge in [0.05, 0.1) is 13.1 Å². The van der Waals surface area contributed by atoms with Crippen molar-refractivity contribution in [2.75, 3.05) is 32.7 Å². The van der Waals surface area contributed by atoms with Crippen molar-refractivity contribution < 1.29 is 14.4 Å². The number of nitrogens with one attached hydrogen (secondary N) is 1. The molecule has 0 saturated carbocycles. The van der Waals surface area contributed by atoms with Crippen LogP contribution in [0.5, 0.6) is 0 Å². The van der Waals surface area contributed by atoms with Crippen molar-refractivity contribution in [3.05, 3.63) is 22.4 Å². The summed E-state index contributed by atoms with van der Waals surface area (Å²) >= 11 is 1.43. The molecule has 2 rings (SSSR count). The number of amides is 3. The van der Waals surface area contributed by atoms with Crippen LogP contribution in [0.3, 0.4) is 0 Å². The van der Waals surface area contributed by atoms with E-state index < -0.39 is 0 Å². The largest absolute Gasteiger partial charge is 0.343 e. The maximum Gasteiger partial charge on any atom is 0.252 e. The van der Waals surface area contributed by atoms with Crippen LogP contribution in [0.25, 0.3) is 0 Å². The van der Waals surface area contributed by atoms with E-state index in [-0.39, 0.29) is 30.8 Å². The molecule has 1 fully saturated rings. The van der Waals surface area contributed by atoms with Crippen molar-refractivity contribution in [2.24, 2.45) is 0 Å². The van der Waals surface area contributed by atoms with Crippen LogP contribution in [0, 0.1) is 0 Å². The highest BCUT2D eigenvalue weighted by Gasteiger charge is 2.24. The molecule has 0 spiro atoms. The highest BCUT2D eigenvalue weighted by molar-refractivity contribution is 7.08. The predicted octanol–water partition coefficient (Wildman–Crippen LogP) is 0.559. The SMILES string of the molecule is CCN1CCCN(C(=O)CNC(=O)c2ccsc2)CC1=O. The quantitative estimate of drug-likeness (QED) is 0.883. The second-order valence-electron chi connectivity index (χ2n) is 4.84. The lowest BCUT2D eigenvalue weighted by atomic mass is 10.3. The lowest BCUT2D eigenvalue weighted by molar-refractivity contribution is -0.138. The van der Waals surface area contributed by atoms with Gasteiger partial charge in [-0.15, -0.1) is 0 Å². The molecule has 1 aromatic rings. The number of thiophene rings is 1. The van der Waals surface area contributed by atoms with E-state index in [4.69, 9.17) is 0 Å². The molecule has 21 heavy (non-hydrogen) atoms. The van der Waals surface area contributed by atoms with Crippen molar-refractivity contribution >= 4 is 29.1 Å². The number of rotatable bonds is 4. The normalized spacial score (nSPS) is 15.8. The van der Waals surface area contributed by atoms with Gasteiger partial charge in [0.25, 0.3) is 5.91 Å². The molecule has 1 aliphatic rings. The number of hydrogen-bond donors (Lipinski definition) is 1. The molecule has 7 heteroatoms. The van der Waals surface area contributed by atoms with E-state index in [0.29, 0.717) is 25.2 Å². The van der Waals surface area contributed by atoms with Gasteiger partial charge in [0, 0.05) is 30.6 Å². The maximum atomic E-state index is 12.1. The molecule has 1 aromatic heterocycles. The van der Waals surface area contributed by atoms with Crippen LogP contribution < -0.4 is 5.32 Å². The van der Waals surface area contributed by atoms with Crippen LogP contribution in [0.2, 0.25) is 0 Å². The molecule has 0 aromatic carbocycles. The Morgan fingerprint density at radius 2 is 2.19 bits per heavy atom. The number of carbonyl (C=O) groups is 3. The molecule has 6 nitrogen and oxygen atoms in total. The van der Waals surface area contributed by atoms with Crippen LogP contribution in [-0.4, -0.2) is 60.2 Å². The maximum absolute atomic E-state index is 12.1. The number of carbonyl (C=O) groups excluding carboxylic acids is 3. The van der Waals surface area contributed by atoms with Gasteiger partial charge in [-0.25, -0.2) is 0 Å². The first kappa shape index (κ1) is 15.5. The van der Waals surface area contributed by atoms with E-state index in [2.05, 4.69) is 5.32 Å². The molecule has 0 bridgehead atoms. The van der Waals surface area contributed by atoms with Crippen LogP contribution in [0.1, 0.15) is 23.7 Å². The third-order valence-electron chi connectivity index (χ3n) is 3.45. The zero-order valence-electron chi connectivity index (χ0n) is 12.0. The van der Waals surface area contributed by atoms with Gasteiger partial charge >= 0.3 is 0 Å². The van der Waals surface area contributed by atoms with Crippen molar-refractivity contribution in [1.82, 2.24) is 15.1 Å². The smallest absolute Gasteiger partial charge is 0.252 e. The summed E-state index contributed by atoms with van der Waals surface area (Å²) in [5, 5.41) is 6.13. The second kappa shape index (κ2) is 7.21. The fraction of sp³-hybridized carbons (Fsp3) is 0.500. The van der Waals surface area contributed by atoms with E-state index in [0.717, 1.165) is 6.42 Å². The lowest BCUT2D eigenvalue weighted by Crippen LogP contribution is -2.43. The molecule has 0 aliphatic carbocycles. The summed E-state index contributed by atoms with van der Waals surface area (Å²) in [7, 11) is 0. The molecular formula is C14H19N3O3S. The molecule has 1 aliphatic heterocycles. The molecule has 0 atom stereocenters. The molecule has 1 saturated heterocycles. The van der Waals surface area contributed by atoms with Crippen LogP contribution >= 0.6 is 11.3 Å². The third kappa shape index (κ3) is 4.04. The first-order chi connectivity index (χ1) is 10.1. The van der Waals surface area contributed by atoms with Gasteiger partial charge < -0.3 is 15.1 Å². The van der Waals surface area contributed by atoms with Crippen LogP contribution in [0.4, 0.5) is 0 Å². The van der Waals surface area contributed by atoms with Gasteiger partial charge in [-0.2, -0.15) is 11.3 Å². The zero-order chi connectivity index (χ0) is 15.2. The van der Waals surface area contributed by atoms with Gasteiger partial charge in [-0.1, -0.05) is 0 Å². The summed E-state index contributed by atoms with van der Waals surface area (Å²) in [6.07, 6.45) is 0.768. The summed E-state index contributed by atoms with van der Waals surface area (Å²) in [6.45, 7) is 3.84. The fourth-order valence-corrected chi connectivity index (χ4v) is 2.87. The second-order valence-corrected chi connectivity index (χ2v) is 5.62. The van der Waals surface area contributed by atoms with E-state index >= 15 is 0 Å². The molecule has 2 heterocycles. The molecule has 3 amide bonds. The van der Waals surface area contributed by atoms with Crippen molar-refractivity contribution in [3.63, 3.8) is 0 Å². The fourth-order valence-electron chi connectivity index (χ4n) is 2.23. The molecular weight excluding hydrogens is 290 g/mol. The first-order valence-electron chi connectivity index (χ1n) is 6.97. The standard InChI is InChI=1S/C14H19N3O3S/c1-2-16-5-3-6-17(9-13(16)19)12(18)8-15-14(20)11-4-7-21-10-11/h4,7,10H,2-3,5-6,8-9H2,1H3,(H,15,20). The Hall–Kier alpha value is -1.89. The Morgan fingerprint density at radius 3 is 2.86 bits per heavy atom. The van der Waals surface area contributed by atoms with E-state index in [1.165, 1.54) is 16.2 Å². The summed E-state index contributed by atoms with van der Waals surface area (Å²) in [6, 6.07) is 1.71. The van der Waals surface area contributed by atoms with E-state index in [1.54, 1.807) is 16.3 Å². The van der Waals surface area contributed by atoms with E-state index in [9.17, 15) is 14.4 Å². The Bertz CT molecular complexity index is 516. The monoisotopic (exact) mass is 309 g/mol. The van der Waals surface area contributed by atoms with Gasteiger partial charge in [-0.05, 0) is 24.8 Å². The van der Waals surface area contributed by atoms with Crippen LogP contribution in [-0.2, 0) is 9.59 Å². The van der Waals surface area contributed by atoms with Crippen molar-refractivity contribution in [1.29, 1.82) is 0 Å². The average Bonchev–Trinajstić information content (AvgIpc) is 2.95. The Labute approximate surface area is 127 Å². The summed E-state index contributed by atoms with van der Waals surface area (Å²) in [5.74, 6) is -0.515. The van der Waals surface area contributed by atoms with Gasteiger partial charge in [0.2, 0.25) is 11.8 Å². The highest BCUT2D eigenvalue weighted by atomic mass is 32.1. The molecule has 114 valence electrons. The number of likely N-dealkylation sites (N-methyl/N-ethyl adjacent to an activating group) is 1. The average molecular weight is 309 g/mol. The Morgan fingerprint density at radius 1 is 1.38 bits per heavy atom. The minimum absolute atomic E-state index is 0.0347. The van der Waals surface area contributed by atoms with Crippen molar-refractivity contribution in [3.8, 4) is 0 Å². The Balaban J connectivity index is 1.85. The van der Waals surface area contributed by atoms with Gasteiger partial charge in [0.1, 0.15) is 0 Å². The molecule has 0 radical (unpaired) electrons. The van der Waals surface area contributed by atoms with Gasteiger partial charge in [0.15, 0.2) is 0 Å². The molecule has 1 N–H and O–H groups in total. The van der Waals surface area contributed by atoms with E-state index in [1.807, 2.05) is 12.3 Å². The third-order valence-corrected chi connectivity index (χ3v) is 4.14. The minimum atomic E-state index is -0.263.